The number of aryl methyl sites for hydroxylation is 2. The van der Waals surface area contributed by atoms with Crippen molar-refractivity contribution in [3.05, 3.63) is 73.1 Å². The molecule has 0 spiro atoms. The predicted octanol–water partition coefficient (Wildman–Crippen LogP) is 5.29. The van der Waals surface area contributed by atoms with Crippen molar-refractivity contribution in [1.82, 2.24) is 9.13 Å². The molecule has 9 N–H and O–H groups in total. The number of hydrogen-bond donors (Lipinski definition) is 5. The maximum Gasteiger partial charge on any atom is 0.245 e. The van der Waals surface area contributed by atoms with E-state index in [9.17, 15) is 9.59 Å². The molecular weight excluding hydrogens is 504 g/mol. The quantitative estimate of drug-likeness (QED) is 0.145. The topological polar surface area (TPSA) is 184 Å². The van der Waals surface area contributed by atoms with E-state index in [1.54, 1.807) is 0 Å². The summed E-state index contributed by atoms with van der Waals surface area (Å²) < 4.78 is 4.24. The summed E-state index contributed by atoms with van der Waals surface area (Å²) in [5.41, 5.74) is 21.1. The summed E-state index contributed by atoms with van der Waals surface area (Å²) in [5.74, 6) is -0.729. The van der Waals surface area contributed by atoms with E-state index < -0.39 is 0 Å². The summed E-state index contributed by atoms with van der Waals surface area (Å²) in [6.45, 7) is 12.3. The van der Waals surface area contributed by atoms with Crippen molar-refractivity contribution in [3.63, 3.8) is 0 Å². The van der Waals surface area contributed by atoms with Crippen LogP contribution in [-0.2, 0) is 23.7 Å². The predicted molar refractivity (Wildman–Crippen MR) is 174 cm³/mol. The van der Waals surface area contributed by atoms with E-state index in [2.05, 4.69) is 113 Å². The number of para-hydroxylation sites is 2. The first-order chi connectivity index (χ1) is 18.3. The number of amides is 1. The molecule has 0 unspecified atom stereocenters. The second-order valence-corrected chi connectivity index (χ2v) is 7.39. The molecule has 0 aliphatic rings. The highest BCUT2D eigenvalue weighted by Crippen LogP contribution is 2.13. The number of hydrogen-bond acceptors (Lipinski definition) is 3. The Morgan fingerprint density at radius 2 is 0.950 bits per heavy atom. The van der Waals surface area contributed by atoms with Crippen LogP contribution >= 0.6 is 0 Å². The number of benzene rings is 2. The van der Waals surface area contributed by atoms with Gasteiger partial charge in [0.25, 0.3) is 0 Å². The molecule has 0 fully saturated rings. The van der Waals surface area contributed by atoms with E-state index >= 15 is 0 Å². The minimum atomic E-state index is -0.375. The molecule has 4 rings (SSSR count). The van der Waals surface area contributed by atoms with Gasteiger partial charge in [0.15, 0.2) is 11.9 Å². The van der Waals surface area contributed by atoms with Gasteiger partial charge in [-0.15, -0.1) is 0 Å². The summed E-state index contributed by atoms with van der Waals surface area (Å²) >= 11 is 0. The first kappa shape index (κ1) is 42.5. The molecule has 4 aromatic rings. The highest BCUT2D eigenvalue weighted by atomic mass is 16.1. The van der Waals surface area contributed by atoms with Gasteiger partial charge in [-0.1, -0.05) is 71.5 Å². The summed E-state index contributed by atoms with van der Waals surface area (Å²) in [4.78, 5) is 22.5. The van der Waals surface area contributed by atoms with Gasteiger partial charge >= 0.3 is 0 Å². The van der Waals surface area contributed by atoms with Crippen LogP contribution in [0.2, 0.25) is 0 Å². The molecule has 224 valence electrons. The van der Waals surface area contributed by atoms with Crippen LogP contribution in [0.25, 0.3) is 21.8 Å². The average molecular weight is 557 g/mol. The van der Waals surface area contributed by atoms with Crippen molar-refractivity contribution in [1.29, 1.82) is 5.41 Å². The Balaban J connectivity index is -0.000000204. The number of nitrogens with one attached hydrogen (secondary N) is 1. The lowest BCUT2D eigenvalue weighted by molar-refractivity contribution is -0.116. The van der Waals surface area contributed by atoms with Crippen LogP contribution in [0.4, 0.5) is 0 Å². The monoisotopic (exact) mass is 556 g/mol. The fourth-order valence-electron chi connectivity index (χ4n) is 2.63. The molecule has 40 heavy (non-hydrogen) atoms. The van der Waals surface area contributed by atoms with Gasteiger partial charge in [0.05, 0.1) is 0 Å². The largest absolute Gasteiger partial charge is 0.370 e. The number of ketones is 1. The molecule has 2 heterocycles. The number of aliphatic imine (C=N–C) groups is 1. The van der Waals surface area contributed by atoms with Crippen molar-refractivity contribution in [3.8, 4) is 0 Å². The highest BCUT2D eigenvalue weighted by Gasteiger charge is 1.93. The number of carbonyl (C=O) groups is 2. The number of nitrogens with zero attached hydrogens (tertiary/aromatic N) is 3. The van der Waals surface area contributed by atoms with Gasteiger partial charge in [-0.3, -0.25) is 10.2 Å². The highest BCUT2D eigenvalue weighted by molar-refractivity contribution is 5.90. The van der Waals surface area contributed by atoms with Crippen LogP contribution in [0.1, 0.15) is 55.9 Å². The van der Waals surface area contributed by atoms with Gasteiger partial charge in [0.1, 0.15) is 5.78 Å². The number of rotatable bonds is 0. The van der Waals surface area contributed by atoms with Crippen LogP contribution in [0, 0.1) is 5.41 Å². The SMILES string of the molecule is C.CC.CC.CC(=O)N=C(N)N.CC(C)=O.Cn1ccc2ccccc21.Cn1ccc2ccccc21.N=C(N)N. The number of fused-ring (bicyclic) bond motifs is 2. The zero-order valence-corrected chi connectivity index (χ0v) is 24.9. The Labute approximate surface area is 240 Å². The van der Waals surface area contributed by atoms with Crippen molar-refractivity contribution in [2.45, 2.75) is 55.9 Å². The standard InChI is InChI=1S/2C9H9N.C3H7N3O.C3H6O.2C2H6.CH5N3.CH4/c2*1-10-7-6-8-4-2-3-5-9(8)10;1-2(7)6-3(4)5;1-3(2)4;2*1-2;2-1(3)4;/h2*2-7H,1H3;1H3,(H4,4,5,6,7);1-2H3;2*1-2H3;(H5,2,3,4);1H4. The Morgan fingerprint density at radius 3 is 1.15 bits per heavy atom. The minimum Gasteiger partial charge on any atom is -0.370 e. The molecule has 0 radical (unpaired) electrons. The first-order valence-corrected chi connectivity index (χ1v) is 12.5. The molecule has 1 amide bonds. The van der Waals surface area contributed by atoms with Gasteiger partial charge < -0.3 is 36.9 Å². The van der Waals surface area contributed by atoms with Crippen LogP contribution in [0.15, 0.2) is 78.0 Å². The number of nitrogens with two attached hydrogens (primary N) is 4. The van der Waals surface area contributed by atoms with Crippen LogP contribution in [0.5, 0.6) is 0 Å². The van der Waals surface area contributed by atoms with Gasteiger partial charge in [-0.2, -0.15) is 4.99 Å². The van der Waals surface area contributed by atoms with Crippen molar-refractivity contribution < 1.29 is 9.59 Å². The lowest BCUT2D eigenvalue weighted by Crippen LogP contribution is -2.23. The molecule has 0 aliphatic heterocycles. The van der Waals surface area contributed by atoms with Crippen molar-refractivity contribution in [2.75, 3.05) is 0 Å². The third-order valence-electron chi connectivity index (χ3n) is 3.88. The number of carbonyl (C=O) groups excluding carboxylic acids is 2. The summed E-state index contributed by atoms with van der Waals surface area (Å²) in [5, 5.41) is 8.68. The third kappa shape index (κ3) is 22.6. The molecule has 0 atom stereocenters. The molecule has 10 nitrogen and oxygen atoms in total. The van der Waals surface area contributed by atoms with E-state index in [1.165, 1.54) is 42.6 Å². The number of guanidine groups is 2. The zero-order valence-electron chi connectivity index (χ0n) is 24.9. The molecule has 10 heteroatoms. The van der Waals surface area contributed by atoms with E-state index in [1.807, 2.05) is 27.7 Å². The molecule has 0 aliphatic carbocycles. The van der Waals surface area contributed by atoms with Gasteiger partial charge in [0.2, 0.25) is 5.91 Å². The Morgan fingerprint density at radius 1 is 0.675 bits per heavy atom. The molecule has 2 aromatic carbocycles. The third-order valence-corrected chi connectivity index (χ3v) is 3.88. The summed E-state index contributed by atoms with van der Waals surface area (Å²) in [7, 11) is 4.12. The molecule has 0 bridgehead atoms. The molecule has 2 aromatic heterocycles. The lowest BCUT2D eigenvalue weighted by Gasteiger charge is -1.92. The van der Waals surface area contributed by atoms with E-state index in [4.69, 9.17) is 16.9 Å². The van der Waals surface area contributed by atoms with E-state index in [-0.39, 0.29) is 31.0 Å². The van der Waals surface area contributed by atoms with Crippen molar-refractivity contribution >= 4 is 45.4 Å². The Bertz CT molecular complexity index is 1160. The Hall–Kier alpha value is -4.60. The maximum atomic E-state index is 9.91. The maximum absolute atomic E-state index is 9.91. The van der Waals surface area contributed by atoms with Crippen molar-refractivity contribution in [2.24, 2.45) is 42.0 Å². The van der Waals surface area contributed by atoms with E-state index in [0.717, 1.165) is 0 Å². The summed E-state index contributed by atoms with van der Waals surface area (Å²) in [6, 6.07) is 21.0. The second kappa shape index (κ2) is 26.0. The minimum absolute atomic E-state index is 0. The van der Waals surface area contributed by atoms with Gasteiger partial charge in [-0.25, -0.2) is 0 Å². The number of Topliss-reactive ketones (excluding diaryl/α,β-unsaturated/α-hetero) is 1. The second-order valence-electron chi connectivity index (χ2n) is 7.39. The van der Waals surface area contributed by atoms with Gasteiger partial charge in [-0.05, 0) is 48.9 Å². The number of aromatic nitrogens is 2. The van der Waals surface area contributed by atoms with Crippen LogP contribution in [-0.4, -0.2) is 32.7 Å². The molecular formula is C30H52N8O2. The lowest BCUT2D eigenvalue weighted by atomic mass is 10.2. The van der Waals surface area contributed by atoms with Crippen LogP contribution < -0.4 is 22.9 Å². The average Bonchev–Trinajstić information content (AvgIpc) is 3.44. The molecule has 0 saturated heterocycles. The Kier molecular flexibility index (Phi) is 27.6. The smallest absolute Gasteiger partial charge is 0.245 e. The van der Waals surface area contributed by atoms with Gasteiger partial charge in [0, 0.05) is 44.4 Å². The molecule has 0 saturated carbocycles. The fraction of sp³-hybridized carbons (Fsp3) is 0.333. The normalized spacial score (nSPS) is 8.12. The van der Waals surface area contributed by atoms with Crippen LogP contribution in [0.3, 0.4) is 0 Å². The first-order valence-electron chi connectivity index (χ1n) is 12.5. The fourth-order valence-corrected chi connectivity index (χ4v) is 2.63. The summed E-state index contributed by atoms with van der Waals surface area (Å²) in [6.07, 6.45) is 4.15. The zero-order chi connectivity index (χ0) is 31.0. The van der Waals surface area contributed by atoms with E-state index in [0.29, 0.717) is 0 Å².